The van der Waals surface area contributed by atoms with Gasteiger partial charge in [-0.05, 0) is 49.7 Å². The molecule has 0 spiro atoms. The van der Waals surface area contributed by atoms with Gasteiger partial charge in [0.15, 0.2) is 0 Å². The first-order chi connectivity index (χ1) is 15.4. The quantitative estimate of drug-likeness (QED) is 0.580. The molecule has 0 saturated carbocycles. The Bertz CT molecular complexity index is 1240. The standard InChI is InChI=1S/C24H22N2O4S2/c1-17-11-13-19(14-12-17)32(29,30)26-21(15-16-23(26)27)24(28)25-20-9-5-6-10-22(20)31-18-7-3-2-4-8-18/h2-14,21H,15-16H2,1H3,(H,25,28)/t21-/m1/s1. The van der Waals surface area contributed by atoms with Crippen LogP contribution >= 0.6 is 11.8 Å². The average molecular weight is 467 g/mol. The maximum atomic E-state index is 13.2. The van der Waals surface area contributed by atoms with E-state index in [0.717, 1.165) is 19.7 Å². The first-order valence-electron chi connectivity index (χ1n) is 10.1. The van der Waals surface area contributed by atoms with Gasteiger partial charge in [0.1, 0.15) is 6.04 Å². The number of hydrogen-bond donors (Lipinski definition) is 1. The predicted octanol–water partition coefficient (Wildman–Crippen LogP) is 4.46. The number of rotatable bonds is 6. The molecule has 6 nitrogen and oxygen atoms in total. The summed E-state index contributed by atoms with van der Waals surface area (Å²) in [6.07, 6.45) is 0.146. The van der Waals surface area contributed by atoms with Crippen molar-refractivity contribution in [3.63, 3.8) is 0 Å². The van der Waals surface area contributed by atoms with E-state index >= 15 is 0 Å². The molecule has 2 amide bonds. The third-order valence-corrected chi connectivity index (χ3v) is 8.08. The molecule has 1 aliphatic heterocycles. The lowest BCUT2D eigenvalue weighted by molar-refractivity contribution is -0.128. The van der Waals surface area contributed by atoms with Crippen molar-refractivity contribution in [2.75, 3.05) is 5.32 Å². The molecule has 1 heterocycles. The smallest absolute Gasteiger partial charge is 0.267 e. The van der Waals surface area contributed by atoms with Gasteiger partial charge in [0, 0.05) is 16.2 Å². The molecule has 1 aliphatic rings. The number of para-hydroxylation sites is 1. The third kappa shape index (κ3) is 4.56. The summed E-state index contributed by atoms with van der Waals surface area (Å²) in [5.41, 5.74) is 1.47. The highest BCUT2D eigenvalue weighted by molar-refractivity contribution is 7.99. The van der Waals surface area contributed by atoms with Crippen LogP contribution in [0.25, 0.3) is 0 Å². The van der Waals surface area contributed by atoms with E-state index < -0.39 is 27.9 Å². The molecular weight excluding hydrogens is 444 g/mol. The fourth-order valence-electron chi connectivity index (χ4n) is 3.51. The normalized spacial score (nSPS) is 16.2. The zero-order chi connectivity index (χ0) is 22.7. The van der Waals surface area contributed by atoms with Gasteiger partial charge in [-0.1, -0.05) is 59.8 Å². The zero-order valence-electron chi connectivity index (χ0n) is 17.4. The summed E-state index contributed by atoms with van der Waals surface area (Å²) in [7, 11) is -4.13. The maximum absolute atomic E-state index is 13.2. The van der Waals surface area contributed by atoms with E-state index in [4.69, 9.17) is 0 Å². The van der Waals surface area contributed by atoms with Crippen LogP contribution < -0.4 is 5.32 Å². The Hall–Kier alpha value is -3.10. The summed E-state index contributed by atoms with van der Waals surface area (Å²) < 4.78 is 27.0. The van der Waals surface area contributed by atoms with Crippen molar-refractivity contribution in [1.82, 2.24) is 4.31 Å². The maximum Gasteiger partial charge on any atom is 0.267 e. The van der Waals surface area contributed by atoms with Crippen molar-refractivity contribution in [2.24, 2.45) is 0 Å². The highest BCUT2D eigenvalue weighted by atomic mass is 32.2. The molecule has 3 aromatic carbocycles. The number of hydrogen-bond acceptors (Lipinski definition) is 5. The SMILES string of the molecule is Cc1ccc(S(=O)(=O)N2C(=O)CC[C@@H]2C(=O)Nc2ccccc2Sc2ccccc2)cc1. The van der Waals surface area contributed by atoms with E-state index in [9.17, 15) is 18.0 Å². The largest absolute Gasteiger partial charge is 0.323 e. The molecule has 4 rings (SSSR count). The lowest BCUT2D eigenvalue weighted by atomic mass is 10.2. The number of benzene rings is 3. The van der Waals surface area contributed by atoms with Crippen molar-refractivity contribution >= 4 is 39.3 Å². The van der Waals surface area contributed by atoms with Crippen LogP contribution in [0.3, 0.4) is 0 Å². The minimum absolute atomic E-state index is 0.00353. The topological polar surface area (TPSA) is 83.6 Å². The van der Waals surface area contributed by atoms with E-state index in [2.05, 4.69) is 5.32 Å². The summed E-state index contributed by atoms with van der Waals surface area (Å²) in [6.45, 7) is 1.85. The van der Waals surface area contributed by atoms with Crippen LogP contribution in [-0.2, 0) is 19.6 Å². The lowest BCUT2D eigenvalue weighted by Crippen LogP contribution is -2.45. The van der Waals surface area contributed by atoms with E-state index in [-0.39, 0.29) is 17.7 Å². The predicted molar refractivity (Wildman–Crippen MR) is 124 cm³/mol. The summed E-state index contributed by atoms with van der Waals surface area (Å²) in [6, 6.07) is 22.2. The highest BCUT2D eigenvalue weighted by Gasteiger charge is 2.44. The van der Waals surface area contributed by atoms with E-state index in [1.165, 1.54) is 23.9 Å². The van der Waals surface area contributed by atoms with E-state index in [1.807, 2.05) is 49.4 Å². The molecule has 3 aromatic rings. The molecule has 0 aliphatic carbocycles. The van der Waals surface area contributed by atoms with Crippen molar-refractivity contribution in [3.8, 4) is 0 Å². The van der Waals surface area contributed by atoms with Gasteiger partial charge in [0.25, 0.3) is 10.0 Å². The number of nitrogens with one attached hydrogen (secondary N) is 1. The zero-order valence-corrected chi connectivity index (χ0v) is 19.0. The molecule has 8 heteroatoms. The molecule has 32 heavy (non-hydrogen) atoms. The Morgan fingerprint density at radius 2 is 1.62 bits per heavy atom. The number of aryl methyl sites for hydroxylation is 1. The molecule has 0 radical (unpaired) electrons. The molecule has 0 unspecified atom stereocenters. The number of carbonyl (C=O) groups excluding carboxylic acids is 2. The third-order valence-electron chi connectivity index (χ3n) is 5.16. The van der Waals surface area contributed by atoms with Crippen LogP contribution in [0.5, 0.6) is 0 Å². The molecule has 1 atom stereocenters. The first kappa shape index (κ1) is 22.1. The van der Waals surface area contributed by atoms with Gasteiger partial charge in [-0.15, -0.1) is 0 Å². The first-order valence-corrected chi connectivity index (χ1v) is 12.4. The van der Waals surface area contributed by atoms with Crippen LogP contribution in [0.1, 0.15) is 18.4 Å². The fourth-order valence-corrected chi connectivity index (χ4v) is 6.04. The van der Waals surface area contributed by atoms with Crippen LogP contribution in [0.4, 0.5) is 5.69 Å². The fraction of sp³-hybridized carbons (Fsp3) is 0.167. The average Bonchev–Trinajstić information content (AvgIpc) is 3.18. The van der Waals surface area contributed by atoms with Crippen LogP contribution in [-0.4, -0.2) is 30.6 Å². The van der Waals surface area contributed by atoms with Gasteiger partial charge in [0.05, 0.1) is 10.6 Å². The van der Waals surface area contributed by atoms with Gasteiger partial charge in [-0.3, -0.25) is 9.59 Å². The molecule has 0 aromatic heterocycles. The van der Waals surface area contributed by atoms with Crippen molar-refractivity contribution in [1.29, 1.82) is 0 Å². The van der Waals surface area contributed by atoms with E-state index in [1.54, 1.807) is 24.3 Å². The molecule has 1 saturated heterocycles. The summed E-state index contributed by atoms with van der Waals surface area (Å²) in [5, 5.41) is 2.84. The second-order valence-electron chi connectivity index (χ2n) is 7.46. The minimum atomic E-state index is -4.13. The van der Waals surface area contributed by atoms with E-state index in [0.29, 0.717) is 5.69 Å². The van der Waals surface area contributed by atoms with Gasteiger partial charge in [-0.25, -0.2) is 12.7 Å². The molecular formula is C24H22N2O4S2. The molecule has 1 fully saturated rings. The summed E-state index contributed by atoms with van der Waals surface area (Å²) in [5.74, 6) is -1.09. The van der Waals surface area contributed by atoms with Crippen LogP contribution in [0.2, 0.25) is 0 Å². The Balaban J connectivity index is 1.58. The molecule has 1 N–H and O–H groups in total. The monoisotopic (exact) mass is 466 g/mol. The Morgan fingerprint density at radius 1 is 0.969 bits per heavy atom. The van der Waals surface area contributed by atoms with Gasteiger partial charge in [0.2, 0.25) is 11.8 Å². The highest BCUT2D eigenvalue weighted by Crippen LogP contribution is 2.34. The minimum Gasteiger partial charge on any atom is -0.323 e. The van der Waals surface area contributed by atoms with Gasteiger partial charge in [-0.2, -0.15) is 0 Å². The van der Waals surface area contributed by atoms with Gasteiger partial charge >= 0.3 is 0 Å². The summed E-state index contributed by atoms with van der Waals surface area (Å²) in [4.78, 5) is 27.5. The van der Waals surface area contributed by atoms with Crippen LogP contribution in [0, 0.1) is 6.92 Å². The van der Waals surface area contributed by atoms with Crippen LogP contribution in [0.15, 0.2) is 93.5 Å². The number of nitrogens with zero attached hydrogens (tertiary/aromatic N) is 1. The van der Waals surface area contributed by atoms with Crippen molar-refractivity contribution in [2.45, 2.75) is 40.5 Å². The lowest BCUT2D eigenvalue weighted by Gasteiger charge is -2.24. The Labute approximate surface area is 191 Å². The number of carbonyl (C=O) groups is 2. The number of amides is 2. The molecule has 0 bridgehead atoms. The van der Waals surface area contributed by atoms with Gasteiger partial charge < -0.3 is 5.32 Å². The summed E-state index contributed by atoms with van der Waals surface area (Å²) >= 11 is 1.49. The second kappa shape index (κ2) is 9.18. The number of anilines is 1. The van der Waals surface area contributed by atoms with Crippen molar-refractivity contribution in [3.05, 3.63) is 84.4 Å². The number of sulfonamides is 1. The molecule has 164 valence electrons. The Kier molecular flexibility index (Phi) is 6.34. The second-order valence-corrected chi connectivity index (χ2v) is 10.4. The Morgan fingerprint density at radius 3 is 2.34 bits per heavy atom. The van der Waals surface area contributed by atoms with Crippen molar-refractivity contribution < 1.29 is 18.0 Å².